The van der Waals surface area contributed by atoms with Crippen LogP contribution < -0.4 is 4.74 Å². The molecule has 3 heterocycles. The topological polar surface area (TPSA) is 76.5 Å². The van der Waals surface area contributed by atoms with Crippen LogP contribution in [0.3, 0.4) is 0 Å². The van der Waals surface area contributed by atoms with Gasteiger partial charge in [0.1, 0.15) is 12.2 Å². The number of nitrogens with zero attached hydrogens (tertiary/aromatic N) is 3. The van der Waals surface area contributed by atoms with Crippen molar-refractivity contribution in [1.29, 1.82) is 0 Å². The van der Waals surface area contributed by atoms with Gasteiger partial charge in [0.25, 0.3) is 0 Å². The molecule has 2 bridgehead atoms. The molecule has 57 heavy (non-hydrogen) atoms. The fourth-order valence-electron chi connectivity index (χ4n) is 10.7. The second-order valence-corrected chi connectivity index (χ2v) is 16.5. The Morgan fingerprint density at radius 2 is 1.30 bits per heavy atom. The minimum Gasteiger partial charge on any atom is -0.504 e. The van der Waals surface area contributed by atoms with Crippen molar-refractivity contribution < 1.29 is 19.7 Å². The Balaban J connectivity index is 0.000000169. The number of phenols is 1. The van der Waals surface area contributed by atoms with Gasteiger partial charge in [-0.05, 0) is 66.7 Å². The Morgan fingerprint density at radius 3 is 1.88 bits per heavy atom. The van der Waals surface area contributed by atoms with Gasteiger partial charge in [-0.15, -0.1) is 0 Å². The number of rotatable bonds is 8. The van der Waals surface area contributed by atoms with E-state index in [0.29, 0.717) is 24.1 Å². The van der Waals surface area contributed by atoms with Crippen LogP contribution in [0, 0.1) is 5.92 Å². The van der Waals surface area contributed by atoms with Crippen molar-refractivity contribution in [1.82, 2.24) is 14.7 Å². The molecule has 5 aliphatic rings. The molecule has 5 aromatic carbocycles. The molecule has 0 radical (unpaired) electrons. The van der Waals surface area contributed by atoms with E-state index in [1.165, 1.54) is 33.4 Å². The average Bonchev–Trinajstić information content (AvgIpc) is 3.62. The minimum absolute atomic E-state index is 0.160. The SMILES string of the molecule is CN1CC[C@]23c4c5ccc(O)c4O[C@H]2[C@@H](O)C=C[C@H]3[C@H]1C5.O=C(CCC(c1ccccc1)c1ccccc1)N1CCN(C(c2ccccc2)c2ccccc2)CC1. The highest BCUT2D eigenvalue weighted by Gasteiger charge is 2.64. The van der Waals surface area contributed by atoms with Crippen LogP contribution in [0.15, 0.2) is 146 Å². The molecule has 292 valence electrons. The first-order chi connectivity index (χ1) is 27.9. The number of hydrogen-bond acceptors (Lipinski definition) is 6. The summed E-state index contributed by atoms with van der Waals surface area (Å²) in [7, 11) is 2.19. The van der Waals surface area contributed by atoms with Crippen LogP contribution in [0.1, 0.15) is 64.6 Å². The Labute approximate surface area is 336 Å². The summed E-state index contributed by atoms with van der Waals surface area (Å²) in [4.78, 5) is 20.3. The zero-order chi connectivity index (χ0) is 38.9. The lowest BCUT2D eigenvalue weighted by Crippen LogP contribution is -2.64. The zero-order valence-electron chi connectivity index (χ0n) is 32.7. The van der Waals surface area contributed by atoms with Gasteiger partial charge in [-0.25, -0.2) is 0 Å². The third-order valence-corrected chi connectivity index (χ3v) is 13.5. The molecule has 3 aliphatic heterocycles. The molecule has 0 aromatic heterocycles. The Bertz CT molecular complexity index is 2090. The van der Waals surface area contributed by atoms with E-state index in [4.69, 9.17) is 4.74 Å². The van der Waals surface area contributed by atoms with Crippen molar-refractivity contribution >= 4 is 5.91 Å². The fraction of sp³-hybridized carbons (Fsp3) is 0.340. The molecule has 7 nitrogen and oxygen atoms in total. The number of hydrogen-bond donors (Lipinski definition) is 2. The van der Waals surface area contributed by atoms with Crippen molar-refractivity contribution in [2.24, 2.45) is 5.92 Å². The van der Waals surface area contributed by atoms with E-state index >= 15 is 0 Å². The highest BCUT2D eigenvalue weighted by Crippen LogP contribution is 2.62. The second-order valence-electron chi connectivity index (χ2n) is 16.5. The average molecular weight is 760 g/mol. The number of likely N-dealkylation sites (tertiary alicyclic amines) is 1. The maximum Gasteiger partial charge on any atom is 0.222 e. The van der Waals surface area contributed by atoms with E-state index in [1.54, 1.807) is 6.07 Å². The van der Waals surface area contributed by atoms with E-state index in [-0.39, 0.29) is 35.1 Å². The van der Waals surface area contributed by atoms with Crippen molar-refractivity contribution in [2.75, 3.05) is 39.8 Å². The van der Waals surface area contributed by atoms with E-state index in [0.717, 1.165) is 52.0 Å². The van der Waals surface area contributed by atoms with Crippen LogP contribution in [0.2, 0.25) is 0 Å². The smallest absolute Gasteiger partial charge is 0.222 e. The van der Waals surface area contributed by atoms with E-state index in [9.17, 15) is 15.0 Å². The number of aromatic hydroxyl groups is 1. The number of aliphatic hydroxyl groups is 1. The number of carbonyl (C=O) groups excluding carboxylic acids is 1. The Hall–Kier alpha value is -5.21. The largest absolute Gasteiger partial charge is 0.504 e. The molecule has 7 heteroatoms. The molecule has 2 saturated heterocycles. The van der Waals surface area contributed by atoms with Gasteiger partial charge in [-0.1, -0.05) is 140 Å². The van der Waals surface area contributed by atoms with E-state index < -0.39 is 6.10 Å². The van der Waals surface area contributed by atoms with Crippen LogP contribution in [-0.4, -0.2) is 88.8 Å². The van der Waals surface area contributed by atoms with Gasteiger partial charge in [-0.3, -0.25) is 9.69 Å². The molecular weight excluding hydrogens is 707 g/mol. The maximum atomic E-state index is 13.3. The lowest BCUT2D eigenvalue weighted by atomic mass is 9.53. The predicted octanol–water partition coefficient (Wildman–Crippen LogP) is 7.73. The lowest BCUT2D eigenvalue weighted by molar-refractivity contribution is -0.133. The standard InChI is InChI=1S/C33H34N2O.C17H19NO3/c36-32(22-21-31(27-13-5-1-6-14-27)28-15-7-2-8-16-28)34-23-25-35(26-24-34)33(29-17-9-3-10-18-29)30-19-11-4-12-20-30;1-18-7-6-17-10-3-5-13(20)16(17)21-15-12(19)4-2-9(14(15)17)8-11(10)18/h1-20,31,33H,21-26H2;2-5,10-11,13,16,19-20H,6-8H2,1H3/t;10-,11+,13-,16-,17-/m.0/s1. The number of carbonyl (C=O) groups is 1. The highest BCUT2D eigenvalue weighted by atomic mass is 16.5. The summed E-state index contributed by atoms with van der Waals surface area (Å²) < 4.78 is 6.09. The molecule has 5 atom stereocenters. The summed E-state index contributed by atoms with van der Waals surface area (Å²) >= 11 is 0. The van der Waals surface area contributed by atoms with Crippen molar-refractivity contribution in [2.45, 2.75) is 61.3 Å². The van der Waals surface area contributed by atoms with Gasteiger partial charge < -0.3 is 24.7 Å². The number of likely N-dealkylation sites (N-methyl/N-ethyl adjacent to an activating group) is 1. The van der Waals surface area contributed by atoms with Gasteiger partial charge in [0.15, 0.2) is 11.5 Å². The Morgan fingerprint density at radius 1 is 0.737 bits per heavy atom. The molecule has 2 aliphatic carbocycles. The van der Waals surface area contributed by atoms with Crippen molar-refractivity contribution in [3.05, 3.63) is 179 Å². The van der Waals surface area contributed by atoms with E-state index in [2.05, 4.69) is 137 Å². The summed E-state index contributed by atoms with van der Waals surface area (Å²) in [5.41, 5.74) is 7.44. The summed E-state index contributed by atoms with van der Waals surface area (Å²) in [6, 6.07) is 47.0. The number of piperazine rings is 1. The summed E-state index contributed by atoms with van der Waals surface area (Å²) in [6.07, 6.45) is 6.57. The van der Waals surface area contributed by atoms with Gasteiger partial charge >= 0.3 is 0 Å². The van der Waals surface area contributed by atoms with Crippen LogP contribution in [0.25, 0.3) is 0 Å². The van der Waals surface area contributed by atoms with Crippen molar-refractivity contribution in [3.8, 4) is 11.5 Å². The zero-order valence-corrected chi connectivity index (χ0v) is 32.7. The molecular formula is C50H53N3O4. The molecule has 2 N–H and O–H groups in total. The van der Waals surface area contributed by atoms with Gasteiger partial charge in [0.05, 0.1) is 6.04 Å². The molecule has 5 aromatic rings. The van der Waals surface area contributed by atoms with Crippen molar-refractivity contribution in [3.63, 3.8) is 0 Å². The summed E-state index contributed by atoms with van der Waals surface area (Å²) in [5, 5.41) is 20.6. The maximum absolute atomic E-state index is 13.3. The number of amides is 1. The summed E-state index contributed by atoms with van der Waals surface area (Å²) in [6.45, 7) is 4.31. The highest BCUT2D eigenvalue weighted by molar-refractivity contribution is 5.76. The first kappa shape index (κ1) is 37.4. The normalized spacial score (nSPS) is 24.7. The third kappa shape index (κ3) is 6.96. The fourth-order valence-corrected chi connectivity index (χ4v) is 10.7. The minimum atomic E-state index is -0.594. The molecule has 1 spiro atoms. The second kappa shape index (κ2) is 16.0. The number of phenolic OH excluding ortho intramolecular Hbond substituents is 1. The van der Waals surface area contributed by atoms with E-state index in [1.807, 2.05) is 24.3 Å². The molecule has 2 fully saturated rings. The lowest BCUT2D eigenvalue weighted by Gasteiger charge is -2.56. The van der Waals surface area contributed by atoms with Gasteiger partial charge in [-0.2, -0.15) is 0 Å². The third-order valence-electron chi connectivity index (χ3n) is 13.5. The van der Waals surface area contributed by atoms with Gasteiger partial charge in [0.2, 0.25) is 5.91 Å². The Kier molecular flexibility index (Phi) is 10.5. The molecule has 1 amide bonds. The monoisotopic (exact) mass is 759 g/mol. The first-order valence-corrected chi connectivity index (χ1v) is 20.7. The molecule has 0 unspecified atom stereocenters. The number of ether oxygens (including phenoxy) is 1. The summed E-state index contributed by atoms with van der Waals surface area (Å²) in [5.74, 6) is 1.69. The van der Waals surface area contributed by atoms with Crippen LogP contribution in [0.4, 0.5) is 0 Å². The molecule has 0 saturated carbocycles. The number of piperidine rings is 1. The first-order valence-electron chi connectivity index (χ1n) is 20.7. The molecule has 10 rings (SSSR count). The van der Waals surface area contributed by atoms with Gasteiger partial charge in [0, 0.05) is 61.5 Å². The quantitative estimate of drug-likeness (QED) is 0.158. The van der Waals surface area contributed by atoms with Crippen LogP contribution in [0.5, 0.6) is 11.5 Å². The predicted molar refractivity (Wildman–Crippen MR) is 224 cm³/mol. The van der Waals surface area contributed by atoms with Crippen LogP contribution >= 0.6 is 0 Å². The number of aliphatic hydroxyl groups excluding tert-OH is 1. The number of benzene rings is 5. The van der Waals surface area contributed by atoms with Crippen LogP contribution in [-0.2, 0) is 16.6 Å².